The third kappa shape index (κ3) is 4.98. The smallest absolute Gasteiger partial charge is 0.261 e. The fourth-order valence-electron chi connectivity index (χ4n) is 3.76. The molecule has 4 aromatic rings. The van der Waals surface area contributed by atoms with Crippen LogP contribution in [0.4, 0.5) is 0 Å². The van der Waals surface area contributed by atoms with E-state index in [-0.39, 0.29) is 5.56 Å². The van der Waals surface area contributed by atoms with Gasteiger partial charge in [0.2, 0.25) is 5.75 Å². The Morgan fingerprint density at radius 2 is 1.65 bits per heavy atom. The number of benzene rings is 3. The number of hydrogen-bond acceptors (Lipinski definition) is 5. The summed E-state index contributed by atoms with van der Waals surface area (Å²) in [5.41, 5.74) is 1.17. The van der Waals surface area contributed by atoms with Crippen LogP contribution in [0.25, 0.3) is 22.3 Å². The number of para-hydroxylation sites is 2. The monoisotopic (exact) mass is 498 g/mol. The second-order valence-electron chi connectivity index (χ2n) is 7.58. The van der Waals surface area contributed by atoms with Crippen molar-refractivity contribution in [3.8, 4) is 28.6 Å². The van der Waals surface area contributed by atoms with Crippen molar-refractivity contribution in [2.45, 2.75) is 19.4 Å². The summed E-state index contributed by atoms with van der Waals surface area (Å²) in [5, 5.41) is 1.52. The van der Waals surface area contributed by atoms with Crippen molar-refractivity contribution in [3.63, 3.8) is 0 Å². The summed E-state index contributed by atoms with van der Waals surface area (Å²) in [5.74, 6) is 2.28. The first-order valence-corrected chi connectivity index (χ1v) is 11.6. The first kappa shape index (κ1) is 23.9. The molecule has 0 aliphatic carbocycles. The van der Waals surface area contributed by atoms with Crippen LogP contribution in [0, 0.1) is 0 Å². The molecule has 0 amide bonds. The fourth-order valence-corrected chi connectivity index (χ4v) is 4.25. The molecular weight excluding hydrogens is 475 g/mol. The van der Waals surface area contributed by atoms with Gasteiger partial charge in [0, 0.05) is 17.1 Å². The number of fused-ring (bicyclic) bond motifs is 1. The quantitative estimate of drug-likeness (QED) is 0.255. The van der Waals surface area contributed by atoms with Gasteiger partial charge in [-0.25, -0.2) is 4.98 Å². The topological polar surface area (TPSA) is 62.6 Å². The predicted octanol–water partition coefficient (Wildman–Crippen LogP) is 6.25. The third-order valence-electron chi connectivity index (χ3n) is 5.44. The maximum absolute atomic E-state index is 13.3. The van der Waals surface area contributed by atoms with Crippen molar-refractivity contribution in [3.05, 3.63) is 81.1 Å². The van der Waals surface area contributed by atoms with Crippen molar-refractivity contribution >= 4 is 34.1 Å². The van der Waals surface area contributed by atoms with Crippen LogP contribution in [0.5, 0.6) is 17.2 Å². The molecular formula is C26H24Cl2N2O4. The molecule has 34 heavy (non-hydrogen) atoms. The average molecular weight is 499 g/mol. The zero-order valence-corrected chi connectivity index (χ0v) is 20.4. The van der Waals surface area contributed by atoms with Crippen molar-refractivity contribution < 1.29 is 14.2 Å². The number of aromatic nitrogens is 2. The molecule has 0 fully saturated rings. The lowest BCUT2D eigenvalue weighted by Crippen LogP contribution is -2.24. The number of halogens is 2. The van der Waals surface area contributed by atoms with Gasteiger partial charge in [-0.3, -0.25) is 9.36 Å². The molecule has 0 N–H and O–H groups in total. The van der Waals surface area contributed by atoms with Gasteiger partial charge in [-0.2, -0.15) is 0 Å². The summed E-state index contributed by atoms with van der Waals surface area (Å²) in [6.45, 7) is 0.890. The van der Waals surface area contributed by atoms with Crippen LogP contribution in [-0.4, -0.2) is 30.4 Å². The molecule has 0 atom stereocenters. The molecule has 6 nitrogen and oxygen atoms in total. The van der Waals surface area contributed by atoms with Crippen molar-refractivity contribution in [1.82, 2.24) is 9.55 Å². The first-order chi connectivity index (χ1) is 16.5. The lowest BCUT2D eigenvalue weighted by molar-refractivity contribution is 0.266. The molecule has 1 aromatic heterocycles. The Bertz CT molecular complexity index is 1350. The van der Waals surface area contributed by atoms with Gasteiger partial charge in [0.15, 0.2) is 11.5 Å². The minimum Gasteiger partial charge on any atom is -0.493 e. The van der Waals surface area contributed by atoms with Crippen LogP contribution in [0.3, 0.4) is 0 Å². The zero-order valence-electron chi connectivity index (χ0n) is 18.9. The van der Waals surface area contributed by atoms with Gasteiger partial charge in [0.25, 0.3) is 5.56 Å². The molecule has 1 heterocycles. The summed E-state index contributed by atoms with van der Waals surface area (Å²) in [6, 6.07) is 18.0. The highest BCUT2D eigenvalue weighted by molar-refractivity contribution is 6.36. The normalized spacial score (nSPS) is 10.9. The Kier molecular flexibility index (Phi) is 7.60. The Morgan fingerprint density at radius 1 is 0.912 bits per heavy atom. The molecule has 0 aliphatic rings. The molecule has 8 heteroatoms. The van der Waals surface area contributed by atoms with E-state index in [2.05, 4.69) is 0 Å². The van der Waals surface area contributed by atoms with E-state index < -0.39 is 0 Å². The molecule has 176 valence electrons. The summed E-state index contributed by atoms with van der Waals surface area (Å²) >= 11 is 12.5. The maximum atomic E-state index is 13.3. The fraction of sp³-hybridized carbons (Fsp3) is 0.231. The Hall–Kier alpha value is -3.22. The molecule has 0 radical (unpaired) electrons. The molecule has 0 saturated carbocycles. The lowest BCUT2D eigenvalue weighted by atomic mass is 10.1. The number of ether oxygens (including phenoxy) is 3. The first-order valence-electron chi connectivity index (χ1n) is 10.8. The summed E-state index contributed by atoms with van der Waals surface area (Å²) in [6.07, 6.45) is 1.39. The molecule has 4 rings (SSSR count). The van der Waals surface area contributed by atoms with E-state index in [0.29, 0.717) is 75.6 Å². The minimum atomic E-state index is -0.112. The van der Waals surface area contributed by atoms with E-state index in [0.717, 1.165) is 0 Å². The summed E-state index contributed by atoms with van der Waals surface area (Å²) < 4.78 is 18.4. The second kappa shape index (κ2) is 10.8. The molecule has 0 bridgehead atoms. The standard InChI is InChI=1S/C26H24Cl2N2O4/c1-32-22-10-7-11-23(33-2)24(22)34-15-6-5-14-30-25(18-13-12-17(27)16-20(18)28)29-21-9-4-3-8-19(21)26(30)31/h3-4,7-13,16H,5-6,14-15H2,1-2H3. The summed E-state index contributed by atoms with van der Waals surface area (Å²) in [7, 11) is 3.17. The van der Waals surface area contributed by atoms with Crippen molar-refractivity contribution in [2.75, 3.05) is 20.8 Å². The van der Waals surface area contributed by atoms with E-state index in [9.17, 15) is 4.79 Å². The van der Waals surface area contributed by atoms with Gasteiger partial charge < -0.3 is 14.2 Å². The van der Waals surface area contributed by atoms with Gasteiger partial charge in [0.1, 0.15) is 5.82 Å². The third-order valence-corrected chi connectivity index (χ3v) is 5.99. The van der Waals surface area contributed by atoms with Gasteiger partial charge in [-0.05, 0) is 55.3 Å². The Balaban J connectivity index is 1.56. The molecule has 3 aromatic carbocycles. The average Bonchev–Trinajstić information content (AvgIpc) is 2.85. The molecule has 0 saturated heterocycles. The number of nitrogens with zero attached hydrogens (tertiary/aromatic N) is 2. The largest absolute Gasteiger partial charge is 0.493 e. The van der Waals surface area contributed by atoms with Gasteiger partial charge in [-0.15, -0.1) is 0 Å². The van der Waals surface area contributed by atoms with Crippen LogP contribution >= 0.6 is 23.2 Å². The number of methoxy groups -OCH3 is 2. The minimum absolute atomic E-state index is 0.112. The van der Waals surface area contributed by atoms with Crippen LogP contribution < -0.4 is 19.8 Å². The molecule has 0 aliphatic heterocycles. The highest BCUT2D eigenvalue weighted by Crippen LogP contribution is 2.37. The van der Waals surface area contributed by atoms with E-state index in [1.54, 1.807) is 43.1 Å². The molecule has 0 unspecified atom stereocenters. The predicted molar refractivity (Wildman–Crippen MR) is 136 cm³/mol. The SMILES string of the molecule is COc1cccc(OC)c1OCCCCn1c(-c2ccc(Cl)cc2Cl)nc2ccccc2c1=O. The van der Waals surface area contributed by atoms with E-state index in [4.69, 9.17) is 42.4 Å². The van der Waals surface area contributed by atoms with Gasteiger partial charge >= 0.3 is 0 Å². The number of rotatable bonds is 9. The number of unbranched alkanes of at least 4 members (excludes halogenated alkanes) is 1. The van der Waals surface area contributed by atoms with Crippen LogP contribution in [0.1, 0.15) is 12.8 Å². The highest BCUT2D eigenvalue weighted by atomic mass is 35.5. The van der Waals surface area contributed by atoms with Crippen LogP contribution in [0.2, 0.25) is 10.0 Å². The van der Waals surface area contributed by atoms with Crippen molar-refractivity contribution in [2.24, 2.45) is 0 Å². The van der Waals surface area contributed by atoms with Gasteiger partial charge in [-0.1, -0.05) is 41.4 Å². The Labute approximate surface area is 207 Å². The van der Waals surface area contributed by atoms with Gasteiger partial charge in [0.05, 0.1) is 36.8 Å². The van der Waals surface area contributed by atoms with Crippen LogP contribution in [-0.2, 0) is 6.54 Å². The number of hydrogen-bond donors (Lipinski definition) is 0. The Morgan fingerprint density at radius 3 is 2.35 bits per heavy atom. The zero-order chi connectivity index (χ0) is 24.1. The highest BCUT2D eigenvalue weighted by Gasteiger charge is 2.16. The van der Waals surface area contributed by atoms with E-state index in [1.807, 2.05) is 36.4 Å². The van der Waals surface area contributed by atoms with E-state index in [1.165, 1.54) is 0 Å². The summed E-state index contributed by atoms with van der Waals surface area (Å²) in [4.78, 5) is 18.1. The van der Waals surface area contributed by atoms with Crippen LogP contribution in [0.15, 0.2) is 65.5 Å². The lowest BCUT2D eigenvalue weighted by Gasteiger charge is -2.16. The maximum Gasteiger partial charge on any atom is 0.261 e. The second-order valence-corrected chi connectivity index (χ2v) is 8.42. The van der Waals surface area contributed by atoms with Crippen molar-refractivity contribution in [1.29, 1.82) is 0 Å². The van der Waals surface area contributed by atoms with E-state index >= 15 is 0 Å². The molecule has 0 spiro atoms.